The number of phenols is 1. The molecule has 0 unspecified atom stereocenters. The number of ether oxygens (including phenoxy) is 1. The first-order valence-corrected chi connectivity index (χ1v) is 10.6. The maximum atomic E-state index is 11.5. The molecule has 2 heterocycles. The number of carboxylic acid groups (broad SMARTS) is 1. The summed E-state index contributed by atoms with van der Waals surface area (Å²) < 4.78 is 7.01. The number of aliphatic imine (C=N–C) groups is 1. The number of piperazine rings is 1. The first-order valence-electron chi connectivity index (χ1n) is 9.83. The van der Waals surface area contributed by atoms with Crippen molar-refractivity contribution in [3.8, 4) is 17.2 Å². The Morgan fingerprint density at radius 2 is 1.87 bits per heavy atom. The maximum Gasteiger partial charge on any atom is 0.310 e. The summed E-state index contributed by atoms with van der Waals surface area (Å²) in [6.45, 7) is 6.88. The molecule has 0 spiro atoms. The molecular formula is C22H24BrN3O4. The molecule has 2 aromatic carbocycles. The molecule has 2 N–H and O–H groups in total. The van der Waals surface area contributed by atoms with E-state index in [1.54, 1.807) is 32.0 Å². The average Bonchev–Trinajstić information content (AvgIpc) is 2.84. The number of hydrogen-bond acceptors (Lipinski definition) is 6. The van der Waals surface area contributed by atoms with Gasteiger partial charge in [0.05, 0.1) is 11.0 Å². The van der Waals surface area contributed by atoms with Crippen LogP contribution in [-0.4, -0.2) is 64.5 Å². The number of fused-ring (bicyclic) bond motifs is 2. The molecule has 4 rings (SSSR count). The van der Waals surface area contributed by atoms with E-state index in [1.807, 2.05) is 18.2 Å². The lowest BCUT2D eigenvalue weighted by Gasteiger charge is -2.38. The van der Waals surface area contributed by atoms with Gasteiger partial charge in [-0.25, -0.2) is 4.99 Å². The fourth-order valence-electron chi connectivity index (χ4n) is 3.72. The van der Waals surface area contributed by atoms with Crippen molar-refractivity contribution in [2.45, 2.75) is 13.8 Å². The molecule has 1 fully saturated rings. The predicted molar refractivity (Wildman–Crippen MR) is 118 cm³/mol. The maximum absolute atomic E-state index is 11.5. The van der Waals surface area contributed by atoms with E-state index in [-0.39, 0.29) is 5.75 Å². The highest BCUT2D eigenvalue weighted by atomic mass is 79.9. The molecule has 0 aromatic heterocycles. The summed E-state index contributed by atoms with van der Waals surface area (Å²) in [5.74, 6) is 1.39. The molecule has 0 bridgehead atoms. The quantitative estimate of drug-likeness (QED) is 0.698. The zero-order valence-electron chi connectivity index (χ0n) is 16.9. The number of phenolic OH excluding ortho intramolecular Hbond substituents is 1. The SMILES string of the molecule is CC(C)(CN1CCN(C2=Nc3ccc(Br)cc3Oc3ccc(O)cc32)CC1)C(=O)O. The van der Waals surface area contributed by atoms with Gasteiger partial charge in [0.1, 0.15) is 23.0 Å². The highest BCUT2D eigenvalue weighted by Crippen LogP contribution is 2.40. The second kappa shape index (κ2) is 7.92. The summed E-state index contributed by atoms with van der Waals surface area (Å²) in [5.41, 5.74) is 0.667. The lowest BCUT2D eigenvalue weighted by Crippen LogP contribution is -2.52. The van der Waals surface area contributed by atoms with Crippen molar-refractivity contribution in [2.75, 3.05) is 32.7 Å². The number of carbonyl (C=O) groups is 1. The molecule has 0 amide bonds. The van der Waals surface area contributed by atoms with Crippen molar-refractivity contribution in [3.63, 3.8) is 0 Å². The van der Waals surface area contributed by atoms with Gasteiger partial charge in [0.2, 0.25) is 0 Å². The van der Waals surface area contributed by atoms with E-state index < -0.39 is 11.4 Å². The van der Waals surface area contributed by atoms with Crippen molar-refractivity contribution < 1.29 is 19.7 Å². The number of halogens is 1. The summed E-state index contributed by atoms with van der Waals surface area (Å²) in [5, 5.41) is 19.5. The first-order chi connectivity index (χ1) is 14.2. The fraction of sp³-hybridized carbons (Fsp3) is 0.364. The van der Waals surface area contributed by atoms with Crippen LogP contribution < -0.4 is 4.74 Å². The van der Waals surface area contributed by atoms with Gasteiger partial charge in [-0.05, 0) is 50.2 Å². The highest BCUT2D eigenvalue weighted by molar-refractivity contribution is 9.10. The van der Waals surface area contributed by atoms with Crippen molar-refractivity contribution >= 4 is 33.4 Å². The standard InChI is InChI=1S/C22H24BrN3O4/c1-22(2,21(28)29)13-25-7-9-26(10-8-25)20-16-12-15(27)4-6-18(16)30-19-11-14(23)3-5-17(19)24-20/h3-6,11-12,27H,7-10,13H2,1-2H3,(H,28,29). The van der Waals surface area contributed by atoms with Crippen LogP contribution in [0.25, 0.3) is 0 Å². The van der Waals surface area contributed by atoms with E-state index >= 15 is 0 Å². The number of aliphatic carboxylic acids is 1. The molecule has 0 aliphatic carbocycles. The van der Waals surface area contributed by atoms with Gasteiger partial charge in [-0.3, -0.25) is 9.69 Å². The predicted octanol–water partition coefficient (Wildman–Crippen LogP) is 4.07. The van der Waals surface area contributed by atoms with Crippen LogP contribution in [0.15, 0.2) is 45.9 Å². The number of amidine groups is 1. The Morgan fingerprint density at radius 3 is 2.57 bits per heavy atom. The molecule has 0 radical (unpaired) electrons. The van der Waals surface area contributed by atoms with E-state index in [0.717, 1.165) is 34.6 Å². The van der Waals surface area contributed by atoms with E-state index in [9.17, 15) is 15.0 Å². The monoisotopic (exact) mass is 473 g/mol. The Labute approximate surface area is 183 Å². The molecule has 8 heteroatoms. The Bertz CT molecular complexity index is 1010. The van der Waals surface area contributed by atoms with Crippen LogP contribution in [0, 0.1) is 5.41 Å². The normalized spacial score (nSPS) is 16.8. The number of aromatic hydroxyl groups is 1. The summed E-state index contributed by atoms with van der Waals surface area (Å²) in [4.78, 5) is 20.7. The lowest BCUT2D eigenvalue weighted by atomic mass is 9.93. The zero-order chi connectivity index (χ0) is 21.5. The summed E-state index contributed by atoms with van der Waals surface area (Å²) in [6.07, 6.45) is 0. The van der Waals surface area contributed by atoms with E-state index in [2.05, 4.69) is 25.7 Å². The van der Waals surface area contributed by atoms with E-state index in [4.69, 9.17) is 9.73 Å². The van der Waals surface area contributed by atoms with Gasteiger partial charge in [-0.2, -0.15) is 0 Å². The number of nitrogens with zero attached hydrogens (tertiary/aromatic N) is 3. The third-order valence-electron chi connectivity index (χ3n) is 5.44. The first kappa shape index (κ1) is 20.7. The molecule has 1 saturated heterocycles. The van der Waals surface area contributed by atoms with Gasteiger partial charge in [0, 0.05) is 37.2 Å². The molecule has 2 aliphatic heterocycles. The lowest BCUT2D eigenvalue weighted by molar-refractivity contribution is -0.148. The van der Waals surface area contributed by atoms with Crippen molar-refractivity contribution in [1.82, 2.24) is 9.80 Å². The average molecular weight is 474 g/mol. The number of rotatable bonds is 3. The van der Waals surface area contributed by atoms with Gasteiger partial charge in [-0.1, -0.05) is 15.9 Å². The van der Waals surface area contributed by atoms with E-state index in [1.165, 1.54) is 0 Å². The third-order valence-corrected chi connectivity index (χ3v) is 5.94. The van der Waals surface area contributed by atoms with Gasteiger partial charge >= 0.3 is 5.97 Å². The van der Waals surface area contributed by atoms with Crippen LogP contribution in [0.2, 0.25) is 0 Å². The Hall–Kier alpha value is -2.58. The summed E-state index contributed by atoms with van der Waals surface area (Å²) in [7, 11) is 0. The summed E-state index contributed by atoms with van der Waals surface area (Å²) in [6, 6.07) is 10.7. The Balaban J connectivity index is 1.62. The fourth-order valence-corrected chi connectivity index (χ4v) is 4.06. The van der Waals surface area contributed by atoms with Crippen LogP contribution in [0.3, 0.4) is 0 Å². The van der Waals surface area contributed by atoms with E-state index in [0.29, 0.717) is 31.1 Å². The Kier molecular flexibility index (Phi) is 5.46. The second-order valence-electron chi connectivity index (χ2n) is 8.28. The van der Waals surface area contributed by atoms with Gasteiger partial charge in [0.25, 0.3) is 0 Å². The Morgan fingerprint density at radius 1 is 1.13 bits per heavy atom. The van der Waals surface area contributed by atoms with Crippen molar-refractivity contribution in [2.24, 2.45) is 10.4 Å². The minimum absolute atomic E-state index is 0.152. The van der Waals surface area contributed by atoms with Gasteiger partial charge < -0.3 is 19.8 Å². The zero-order valence-corrected chi connectivity index (χ0v) is 18.5. The minimum atomic E-state index is -0.791. The highest BCUT2D eigenvalue weighted by Gasteiger charge is 2.32. The van der Waals surface area contributed by atoms with Gasteiger partial charge in [0.15, 0.2) is 5.75 Å². The number of carboxylic acids is 1. The molecule has 2 aliphatic rings. The van der Waals surface area contributed by atoms with Crippen LogP contribution in [0.1, 0.15) is 19.4 Å². The van der Waals surface area contributed by atoms with Crippen molar-refractivity contribution in [1.29, 1.82) is 0 Å². The molecule has 158 valence electrons. The smallest absolute Gasteiger partial charge is 0.310 e. The largest absolute Gasteiger partial charge is 0.508 e. The minimum Gasteiger partial charge on any atom is -0.508 e. The second-order valence-corrected chi connectivity index (χ2v) is 9.20. The molecule has 0 atom stereocenters. The third kappa shape index (κ3) is 4.15. The molecular weight excluding hydrogens is 450 g/mol. The topological polar surface area (TPSA) is 85.6 Å². The van der Waals surface area contributed by atoms with Crippen LogP contribution in [-0.2, 0) is 4.79 Å². The van der Waals surface area contributed by atoms with Crippen molar-refractivity contribution in [3.05, 3.63) is 46.4 Å². The summed E-state index contributed by atoms with van der Waals surface area (Å²) >= 11 is 3.47. The van der Waals surface area contributed by atoms with Crippen LogP contribution in [0.5, 0.6) is 17.2 Å². The molecule has 30 heavy (non-hydrogen) atoms. The number of hydrogen-bond donors (Lipinski definition) is 2. The van der Waals surface area contributed by atoms with Crippen LogP contribution in [0.4, 0.5) is 5.69 Å². The van der Waals surface area contributed by atoms with Crippen LogP contribution >= 0.6 is 15.9 Å². The molecule has 7 nitrogen and oxygen atoms in total. The number of benzene rings is 2. The van der Waals surface area contributed by atoms with Gasteiger partial charge in [-0.15, -0.1) is 0 Å². The molecule has 2 aromatic rings. The molecule has 0 saturated carbocycles.